The maximum atomic E-state index is 11.6. The topological polar surface area (TPSA) is 41.6 Å². The normalized spacial score (nSPS) is 30.9. The Labute approximate surface area is 83.6 Å². The highest BCUT2D eigenvalue weighted by atomic mass is 16.6. The van der Waals surface area contributed by atoms with Gasteiger partial charge >= 0.3 is 6.09 Å². The maximum absolute atomic E-state index is 11.6. The Morgan fingerprint density at radius 1 is 1.36 bits per heavy atom. The van der Waals surface area contributed by atoms with Crippen molar-refractivity contribution in [2.24, 2.45) is 0 Å². The number of rotatable bonds is 1. The molecule has 3 fully saturated rings. The summed E-state index contributed by atoms with van der Waals surface area (Å²) in [4.78, 5) is 13.6. The molecular formula is C10H16N2O2. The second kappa shape index (κ2) is 2.86. The van der Waals surface area contributed by atoms with E-state index in [0.717, 1.165) is 25.9 Å². The number of ether oxygens (including phenoxy) is 1. The van der Waals surface area contributed by atoms with Crippen LogP contribution in [0.15, 0.2) is 0 Å². The fraction of sp³-hybridized carbons (Fsp3) is 0.900. The van der Waals surface area contributed by atoms with Crippen molar-refractivity contribution >= 4 is 6.09 Å². The zero-order chi connectivity index (χ0) is 9.60. The molecular weight excluding hydrogens is 180 g/mol. The molecule has 2 heterocycles. The van der Waals surface area contributed by atoms with Gasteiger partial charge in [0.05, 0.1) is 5.54 Å². The average Bonchev–Trinajstić information content (AvgIpc) is 2.97. The minimum Gasteiger partial charge on any atom is -0.447 e. The number of cyclic esters (lactones) is 1. The van der Waals surface area contributed by atoms with Crippen LogP contribution in [0.3, 0.4) is 0 Å². The first kappa shape index (κ1) is 8.53. The highest BCUT2D eigenvalue weighted by molar-refractivity contribution is 5.72. The Balaban J connectivity index is 1.85. The third-order valence-electron chi connectivity index (χ3n) is 3.62. The van der Waals surface area contributed by atoms with E-state index in [2.05, 4.69) is 5.32 Å². The lowest BCUT2D eigenvalue weighted by Gasteiger charge is -2.39. The van der Waals surface area contributed by atoms with Gasteiger partial charge in [-0.05, 0) is 38.8 Å². The number of carbonyl (C=O) groups is 1. The standard InChI is InChI=1S/C10H16N2O2/c13-9-12(8-1-2-8)10(7-14-9)3-5-11-6-4-10/h8,11H,1-7H2. The molecule has 4 nitrogen and oxygen atoms in total. The number of amides is 1. The van der Waals surface area contributed by atoms with E-state index in [9.17, 15) is 4.79 Å². The van der Waals surface area contributed by atoms with Crippen LogP contribution in [0.5, 0.6) is 0 Å². The summed E-state index contributed by atoms with van der Waals surface area (Å²) in [5.74, 6) is 0. The predicted molar refractivity (Wildman–Crippen MR) is 51.0 cm³/mol. The Morgan fingerprint density at radius 3 is 2.71 bits per heavy atom. The molecule has 0 aromatic carbocycles. The van der Waals surface area contributed by atoms with Gasteiger partial charge < -0.3 is 10.1 Å². The van der Waals surface area contributed by atoms with Crippen LogP contribution < -0.4 is 5.32 Å². The second-order valence-electron chi connectivity index (χ2n) is 4.63. The number of hydrogen-bond acceptors (Lipinski definition) is 3. The van der Waals surface area contributed by atoms with Crippen LogP contribution in [-0.4, -0.2) is 42.3 Å². The van der Waals surface area contributed by atoms with Crippen molar-refractivity contribution in [3.63, 3.8) is 0 Å². The lowest BCUT2D eigenvalue weighted by atomic mass is 9.88. The molecule has 0 bridgehead atoms. The first-order valence-electron chi connectivity index (χ1n) is 5.49. The van der Waals surface area contributed by atoms with Gasteiger partial charge in [-0.1, -0.05) is 0 Å². The van der Waals surface area contributed by atoms with Crippen LogP contribution in [-0.2, 0) is 4.74 Å². The predicted octanol–water partition coefficient (Wildman–Crippen LogP) is 0.723. The summed E-state index contributed by atoms with van der Waals surface area (Å²) >= 11 is 0. The van der Waals surface area contributed by atoms with Crippen LogP contribution in [0.1, 0.15) is 25.7 Å². The van der Waals surface area contributed by atoms with Crippen LogP contribution in [0.2, 0.25) is 0 Å². The summed E-state index contributed by atoms with van der Waals surface area (Å²) in [6.07, 6.45) is 4.37. The number of piperidine rings is 1. The van der Waals surface area contributed by atoms with Crippen LogP contribution in [0.25, 0.3) is 0 Å². The van der Waals surface area contributed by atoms with Crippen molar-refractivity contribution in [3.8, 4) is 0 Å². The van der Waals surface area contributed by atoms with E-state index in [1.807, 2.05) is 4.90 Å². The fourth-order valence-electron chi connectivity index (χ4n) is 2.68. The van der Waals surface area contributed by atoms with Gasteiger partial charge in [-0.3, -0.25) is 4.90 Å². The number of hydrogen-bond donors (Lipinski definition) is 1. The summed E-state index contributed by atoms with van der Waals surface area (Å²) in [6, 6.07) is 0.489. The van der Waals surface area contributed by atoms with E-state index in [1.54, 1.807) is 0 Å². The zero-order valence-electron chi connectivity index (χ0n) is 8.29. The van der Waals surface area contributed by atoms with Crippen molar-refractivity contribution in [3.05, 3.63) is 0 Å². The number of nitrogens with one attached hydrogen (secondary N) is 1. The van der Waals surface area contributed by atoms with Crippen molar-refractivity contribution < 1.29 is 9.53 Å². The smallest absolute Gasteiger partial charge is 0.410 e. The lowest BCUT2D eigenvalue weighted by molar-refractivity contribution is 0.119. The van der Waals surface area contributed by atoms with Gasteiger partial charge in [0.1, 0.15) is 6.61 Å². The Hall–Kier alpha value is -0.770. The van der Waals surface area contributed by atoms with Crippen molar-refractivity contribution in [1.82, 2.24) is 10.2 Å². The lowest BCUT2D eigenvalue weighted by Crippen LogP contribution is -2.54. The van der Waals surface area contributed by atoms with E-state index >= 15 is 0 Å². The van der Waals surface area contributed by atoms with Crippen molar-refractivity contribution in [1.29, 1.82) is 0 Å². The van der Waals surface area contributed by atoms with E-state index in [-0.39, 0.29) is 11.6 Å². The SMILES string of the molecule is O=C1OCC2(CCNCC2)N1C1CC1. The summed E-state index contributed by atoms with van der Waals surface area (Å²) in [5.41, 5.74) is 0.0451. The molecule has 3 rings (SSSR count). The molecule has 0 aromatic rings. The van der Waals surface area contributed by atoms with Crippen LogP contribution >= 0.6 is 0 Å². The summed E-state index contributed by atoms with van der Waals surface area (Å²) in [5, 5.41) is 3.34. The molecule has 3 aliphatic rings. The molecule has 78 valence electrons. The van der Waals surface area contributed by atoms with Gasteiger partial charge in [-0.2, -0.15) is 0 Å². The van der Waals surface area contributed by atoms with Gasteiger partial charge in [-0.15, -0.1) is 0 Å². The second-order valence-corrected chi connectivity index (χ2v) is 4.63. The van der Waals surface area contributed by atoms with Gasteiger partial charge in [0.25, 0.3) is 0 Å². The molecule has 1 spiro atoms. The minimum atomic E-state index is -0.0746. The first-order chi connectivity index (χ1) is 6.82. The molecule has 1 N–H and O–H groups in total. The van der Waals surface area contributed by atoms with E-state index in [0.29, 0.717) is 12.6 Å². The van der Waals surface area contributed by atoms with Gasteiger partial charge in [0.2, 0.25) is 0 Å². The van der Waals surface area contributed by atoms with Gasteiger partial charge in [0, 0.05) is 6.04 Å². The Kier molecular flexibility index (Phi) is 1.74. The average molecular weight is 196 g/mol. The number of nitrogens with zero attached hydrogens (tertiary/aromatic N) is 1. The third-order valence-corrected chi connectivity index (χ3v) is 3.62. The Morgan fingerprint density at radius 2 is 2.07 bits per heavy atom. The van der Waals surface area contributed by atoms with Gasteiger partial charge in [-0.25, -0.2) is 4.79 Å². The molecule has 1 amide bonds. The van der Waals surface area contributed by atoms with Gasteiger partial charge in [0.15, 0.2) is 0 Å². The van der Waals surface area contributed by atoms with Crippen LogP contribution in [0.4, 0.5) is 4.79 Å². The van der Waals surface area contributed by atoms with E-state index in [4.69, 9.17) is 4.74 Å². The molecule has 14 heavy (non-hydrogen) atoms. The third kappa shape index (κ3) is 1.13. The highest BCUT2D eigenvalue weighted by Gasteiger charge is 2.53. The summed E-state index contributed by atoms with van der Waals surface area (Å²) in [7, 11) is 0. The molecule has 1 saturated carbocycles. The monoisotopic (exact) mass is 196 g/mol. The van der Waals surface area contributed by atoms with E-state index in [1.165, 1.54) is 12.8 Å². The van der Waals surface area contributed by atoms with Crippen molar-refractivity contribution in [2.75, 3.05) is 19.7 Å². The van der Waals surface area contributed by atoms with Crippen LogP contribution in [0, 0.1) is 0 Å². The number of carbonyl (C=O) groups excluding carboxylic acids is 1. The highest BCUT2D eigenvalue weighted by Crippen LogP contribution is 2.41. The first-order valence-corrected chi connectivity index (χ1v) is 5.49. The molecule has 0 atom stereocenters. The molecule has 2 saturated heterocycles. The summed E-state index contributed by atoms with van der Waals surface area (Å²) in [6.45, 7) is 2.64. The van der Waals surface area contributed by atoms with E-state index < -0.39 is 0 Å². The minimum absolute atomic E-state index is 0.0451. The molecule has 0 aromatic heterocycles. The van der Waals surface area contributed by atoms with Crippen molar-refractivity contribution in [2.45, 2.75) is 37.3 Å². The molecule has 1 aliphatic carbocycles. The zero-order valence-corrected chi connectivity index (χ0v) is 8.29. The Bertz CT molecular complexity index is 257. The summed E-state index contributed by atoms with van der Waals surface area (Å²) < 4.78 is 5.22. The fourth-order valence-corrected chi connectivity index (χ4v) is 2.68. The molecule has 0 unspecified atom stereocenters. The quantitative estimate of drug-likeness (QED) is 0.672. The molecule has 4 heteroatoms. The maximum Gasteiger partial charge on any atom is 0.410 e. The molecule has 0 radical (unpaired) electrons. The largest absolute Gasteiger partial charge is 0.447 e. The molecule has 2 aliphatic heterocycles.